The Hall–Kier alpha value is -2.89. The van der Waals surface area contributed by atoms with Crippen molar-refractivity contribution in [1.82, 2.24) is 0 Å². The van der Waals surface area contributed by atoms with E-state index in [4.69, 9.17) is 0 Å². The summed E-state index contributed by atoms with van der Waals surface area (Å²) in [5.74, 6) is 0. The van der Waals surface area contributed by atoms with Crippen LogP contribution in [0.5, 0.6) is 0 Å². The molecule has 1 N–H and O–H groups in total. The predicted molar refractivity (Wildman–Crippen MR) is 120 cm³/mol. The monoisotopic (exact) mass is 367 g/mol. The van der Waals surface area contributed by atoms with E-state index in [9.17, 15) is 0 Å². The van der Waals surface area contributed by atoms with Crippen LogP contribution >= 0.6 is 7.92 Å². The van der Waals surface area contributed by atoms with Crippen molar-refractivity contribution >= 4 is 35.2 Å². The highest BCUT2D eigenvalue weighted by atomic mass is 31.1. The van der Waals surface area contributed by atoms with Gasteiger partial charge < -0.3 is 5.32 Å². The Morgan fingerprint density at radius 3 is 1.63 bits per heavy atom. The molecule has 0 radical (unpaired) electrons. The van der Waals surface area contributed by atoms with Gasteiger partial charge in [0.25, 0.3) is 0 Å². The van der Waals surface area contributed by atoms with E-state index in [0.717, 1.165) is 5.69 Å². The van der Waals surface area contributed by atoms with E-state index < -0.39 is 7.92 Å². The van der Waals surface area contributed by atoms with Crippen LogP contribution in [0.25, 0.3) is 0 Å². The maximum atomic E-state index is 3.68. The Balaban J connectivity index is 1.87. The number of hydrogen-bond donors (Lipinski definition) is 1. The first-order valence-corrected chi connectivity index (χ1v) is 10.5. The van der Waals surface area contributed by atoms with Gasteiger partial charge in [-0.1, -0.05) is 97.1 Å². The molecule has 0 heterocycles. The third-order valence-corrected chi connectivity index (χ3v) is 7.05. The lowest BCUT2D eigenvalue weighted by molar-refractivity contribution is 1.45. The summed E-state index contributed by atoms with van der Waals surface area (Å²) in [4.78, 5) is 0. The molecule has 0 bridgehead atoms. The molecule has 0 aliphatic heterocycles. The van der Waals surface area contributed by atoms with Crippen LogP contribution in [0.4, 0.5) is 11.4 Å². The fourth-order valence-corrected chi connectivity index (χ4v) is 5.73. The van der Waals surface area contributed by atoms with Crippen LogP contribution in [0.2, 0.25) is 0 Å². The first-order valence-electron chi connectivity index (χ1n) is 9.15. The van der Waals surface area contributed by atoms with Gasteiger partial charge in [-0.05, 0) is 43.2 Å². The minimum absolute atomic E-state index is 0.642. The van der Waals surface area contributed by atoms with Crippen molar-refractivity contribution in [1.29, 1.82) is 0 Å². The second-order valence-electron chi connectivity index (χ2n) is 6.47. The van der Waals surface area contributed by atoms with Crippen LogP contribution in [-0.4, -0.2) is 0 Å². The summed E-state index contributed by atoms with van der Waals surface area (Å²) in [6.07, 6.45) is 0. The van der Waals surface area contributed by atoms with Crippen LogP contribution in [0.1, 0.15) is 5.56 Å². The Bertz CT molecular complexity index is 959. The van der Waals surface area contributed by atoms with Gasteiger partial charge in [-0.25, -0.2) is 0 Å². The Morgan fingerprint density at radius 1 is 0.556 bits per heavy atom. The molecule has 0 aromatic heterocycles. The highest BCUT2D eigenvalue weighted by Crippen LogP contribution is 2.37. The molecule has 2 heteroatoms. The summed E-state index contributed by atoms with van der Waals surface area (Å²) >= 11 is 0. The number of hydrogen-bond acceptors (Lipinski definition) is 1. The Kier molecular flexibility index (Phi) is 5.32. The molecule has 4 aromatic rings. The minimum atomic E-state index is -0.642. The molecule has 4 aromatic carbocycles. The fourth-order valence-electron chi connectivity index (χ4n) is 3.25. The van der Waals surface area contributed by atoms with Gasteiger partial charge in [0, 0.05) is 16.7 Å². The van der Waals surface area contributed by atoms with Gasteiger partial charge in [-0.2, -0.15) is 0 Å². The van der Waals surface area contributed by atoms with Gasteiger partial charge in [-0.3, -0.25) is 0 Å². The molecule has 0 saturated heterocycles. The van der Waals surface area contributed by atoms with Crippen LogP contribution in [0.15, 0.2) is 109 Å². The molecule has 0 saturated carbocycles. The normalized spacial score (nSPS) is 10.7. The fraction of sp³-hybridized carbons (Fsp3) is 0.0400. The zero-order valence-corrected chi connectivity index (χ0v) is 16.2. The quantitative estimate of drug-likeness (QED) is 0.460. The molecule has 27 heavy (non-hydrogen) atoms. The molecule has 1 nitrogen and oxygen atoms in total. The Labute approximate surface area is 162 Å². The summed E-state index contributed by atoms with van der Waals surface area (Å²) in [7, 11) is -0.642. The van der Waals surface area contributed by atoms with E-state index in [2.05, 4.69) is 115 Å². The first-order chi connectivity index (χ1) is 13.3. The third-order valence-electron chi connectivity index (χ3n) is 4.56. The highest BCUT2D eigenvalue weighted by Gasteiger charge is 2.20. The summed E-state index contributed by atoms with van der Waals surface area (Å²) < 4.78 is 0. The van der Waals surface area contributed by atoms with Crippen LogP contribution in [-0.2, 0) is 0 Å². The molecular formula is C25H22NP. The van der Waals surface area contributed by atoms with Gasteiger partial charge in [-0.15, -0.1) is 0 Å². The number of nitrogens with one attached hydrogen (secondary N) is 1. The van der Waals surface area contributed by atoms with Crippen molar-refractivity contribution in [2.45, 2.75) is 6.92 Å². The molecular weight excluding hydrogens is 345 g/mol. The summed E-state index contributed by atoms with van der Waals surface area (Å²) in [5, 5.41) is 7.75. The van der Waals surface area contributed by atoms with Crippen molar-refractivity contribution in [2.24, 2.45) is 0 Å². The van der Waals surface area contributed by atoms with Crippen LogP contribution in [0.3, 0.4) is 0 Å². The van der Waals surface area contributed by atoms with Gasteiger partial charge in [0.15, 0.2) is 0 Å². The lowest BCUT2D eigenvalue weighted by Gasteiger charge is -2.24. The standard InChI is InChI=1S/C25H22NP/c1-20-12-11-19-24(25(20)26-21-13-5-2-6-14-21)27(22-15-7-3-8-16-22)23-17-9-4-10-18-23/h2-19,26H,1H3. The van der Waals surface area contributed by atoms with Crippen molar-refractivity contribution in [2.75, 3.05) is 5.32 Å². The summed E-state index contributed by atoms with van der Waals surface area (Å²) in [6.45, 7) is 2.18. The Morgan fingerprint density at radius 2 is 1.07 bits per heavy atom. The molecule has 0 atom stereocenters. The van der Waals surface area contributed by atoms with E-state index >= 15 is 0 Å². The molecule has 0 fully saturated rings. The zero-order chi connectivity index (χ0) is 18.5. The van der Waals surface area contributed by atoms with Crippen molar-refractivity contribution in [3.05, 3.63) is 115 Å². The summed E-state index contributed by atoms with van der Waals surface area (Å²) in [5.41, 5.74) is 3.59. The molecule has 0 aliphatic carbocycles. The van der Waals surface area contributed by atoms with Crippen LogP contribution in [0, 0.1) is 6.92 Å². The van der Waals surface area contributed by atoms with Crippen LogP contribution < -0.4 is 21.2 Å². The largest absolute Gasteiger partial charge is 0.355 e. The van der Waals surface area contributed by atoms with Gasteiger partial charge in [0.1, 0.15) is 0 Å². The molecule has 0 aliphatic rings. The molecule has 0 unspecified atom stereocenters. The van der Waals surface area contributed by atoms with Crippen molar-refractivity contribution in [3.63, 3.8) is 0 Å². The van der Waals surface area contributed by atoms with Crippen molar-refractivity contribution in [3.8, 4) is 0 Å². The number of para-hydroxylation sites is 2. The van der Waals surface area contributed by atoms with E-state index in [1.165, 1.54) is 27.2 Å². The molecule has 4 rings (SSSR count). The number of rotatable bonds is 5. The maximum absolute atomic E-state index is 3.68. The number of aryl methyl sites for hydroxylation is 1. The highest BCUT2D eigenvalue weighted by molar-refractivity contribution is 7.80. The lowest BCUT2D eigenvalue weighted by atomic mass is 10.2. The average molecular weight is 367 g/mol. The molecule has 0 amide bonds. The number of benzene rings is 4. The van der Waals surface area contributed by atoms with Gasteiger partial charge in [0.2, 0.25) is 0 Å². The smallest absolute Gasteiger partial charge is 0.0498 e. The predicted octanol–water partition coefficient (Wildman–Crippen LogP) is 5.50. The number of anilines is 2. The van der Waals surface area contributed by atoms with E-state index in [1.54, 1.807) is 0 Å². The molecule has 0 spiro atoms. The third kappa shape index (κ3) is 3.94. The summed E-state index contributed by atoms with van der Waals surface area (Å²) in [6, 6.07) is 38.7. The van der Waals surface area contributed by atoms with E-state index in [0.29, 0.717) is 0 Å². The maximum Gasteiger partial charge on any atom is 0.0498 e. The average Bonchev–Trinajstić information content (AvgIpc) is 2.73. The topological polar surface area (TPSA) is 12.0 Å². The zero-order valence-electron chi connectivity index (χ0n) is 15.3. The van der Waals surface area contributed by atoms with E-state index in [1.807, 2.05) is 6.07 Å². The van der Waals surface area contributed by atoms with E-state index in [-0.39, 0.29) is 0 Å². The lowest BCUT2D eigenvalue weighted by Crippen LogP contribution is -2.23. The first kappa shape index (κ1) is 17.5. The SMILES string of the molecule is Cc1cccc(P(c2ccccc2)c2ccccc2)c1Nc1ccccc1. The van der Waals surface area contributed by atoms with Gasteiger partial charge in [0.05, 0.1) is 0 Å². The minimum Gasteiger partial charge on any atom is -0.355 e. The van der Waals surface area contributed by atoms with Gasteiger partial charge >= 0.3 is 0 Å². The molecule has 132 valence electrons. The second-order valence-corrected chi connectivity index (χ2v) is 8.65. The van der Waals surface area contributed by atoms with Crippen molar-refractivity contribution < 1.29 is 0 Å². The second kappa shape index (κ2) is 8.20.